The van der Waals surface area contributed by atoms with Gasteiger partial charge in [-0.2, -0.15) is 0 Å². The van der Waals surface area contributed by atoms with E-state index in [4.69, 9.17) is 4.74 Å². The molecule has 1 rings (SSSR count). The molecule has 21 heavy (non-hydrogen) atoms. The third kappa shape index (κ3) is 4.61. The molecule has 1 fully saturated rings. The number of piperidine rings is 1. The van der Waals surface area contributed by atoms with Gasteiger partial charge in [-0.1, -0.05) is 20.8 Å². The smallest absolute Gasteiger partial charge is 0.326 e. The van der Waals surface area contributed by atoms with Gasteiger partial charge in [0.1, 0.15) is 6.04 Å². The second kappa shape index (κ2) is 6.78. The van der Waals surface area contributed by atoms with Gasteiger partial charge >= 0.3 is 18.0 Å². The minimum atomic E-state index is -1.06. The summed E-state index contributed by atoms with van der Waals surface area (Å²) in [5, 5.41) is 11.8. The maximum absolute atomic E-state index is 12.1. The fraction of sp³-hybridized carbons (Fsp3) is 0.786. The van der Waals surface area contributed by atoms with E-state index in [0.717, 1.165) is 0 Å². The van der Waals surface area contributed by atoms with Crippen molar-refractivity contribution in [1.29, 1.82) is 0 Å². The van der Waals surface area contributed by atoms with E-state index in [0.29, 0.717) is 25.9 Å². The van der Waals surface area contributed by atoms with Crippen molar-refractivity contribution in [2.45, 2.75) is 39.7 Å². The molecule has 1 atom stereocenters. The van der Waals surface area contributed by atoms with Crippen LogP contribution in [0.4, 0.5) is 4.79 Å². The molecule has 1 heterocycles. The van der Waals surface area contributed by atoms with Crippen LogP contribution in [0.25, 0.3) is 0 Å². The number of hydrogen-bond donors (Lipinski definition) is 2. The van der Waals surface area contributed by atoms with E-state index >= 15 is 0 Å². The topological polar surface area (TPSA) is 95.9 Å². The monoisotopic (exact) mass is 300 g/mol. The summed E-state index contributed by atoms with van der Waals surface area (Å²) in [5.41, 5.74) is -0.578. The number of carbonyl (C=O) groups is 3. The SMILES string of the molecule is COC(=O)C1CCN(C(=O)N[C@@H](C(=O)O)C(C)(C)C)CC1. The Morgan fingerprint density at radius 1 is 1.24 bits per heavy atom. The van der Waals surface area contributed by atoms with Crippen LogP contribution in [0.2, 0.25) is 0 Å². The van der Waals surface area contributed by atoms with E-state index in [1.165, 1.54) is 7.11 Å². The summed E-state index contributed by atoms with van der Waals surface area (Å²) in [6.07, 6.45) is 1.07. The molecule has 0 aliphatic carbocycles. The maximum atomic E-state index is 12.1. The lowest BCUT2D eigenvalue weighted by Gasteiger charge is -2.34. The van der Waals surface area contributed by atoms with Crippen molar-refractivity contribution in [3.05, 3.63) is 0 Å². The Balaban J connectivity index is 2.58. The minimum absolute atomic E-state index is 0.183. The van der Waals surface area contributed by atoms with Gasteiger partial charge in [0.2, 0.25) is 0 Å². The zero-order chi connectivity index (χ0) is 16.2. The van der Waals surface area contributed by atoms with Crippen molar-refractivity contribution in [3.8, 4) is 0 Å². The molecule has 7 nitrogen and oxygen atoms in total. The Kier molecular flexibility index (Phi) is 5.57. The van der Waals surface area contributed by atoms with E-state index in [-0.39, 0.29) is 11.9 Å². The summed E-state index contributed by atoms with van der Waals surface area (Å²) >= 11 is 0. The van der Waals surface area contributed by atoms with Gasteiger partial charge in [0.25, 0.3) is 0 Å². The van der Waals surface area contributed by atoms with Crippen LogP contribution in [0.1, 0.15) is 33.6 Å². The first kappa shape index (κ1) is 17.3. The molecule has 0 aromatic heterocycles. The zero-order valence-electron chi connectivity index (χ0n) is 13.0. The highest BCUT2D eigenvalue weighted by Crippen LogP contribution is 2.21. The van der Waals surface area contributed by atoms with Crippen molar-refractivity contribution in [2.75, 3.05) is 20.2 Å². The number of urea groups is 1. The van der Waals surface area contributed by atoms with Gasteiger partial charge in [-0.3, -0.25) is 4.79 Å². The van der Waals surface area contributed by atoms with E-state index in [1.807, 2.05) is 0 Å². The summed E-state index contributed by atoms with van der Waals surface area (Å²) in [6, 6.07) is -1.36. The van der Waals surface area contributed by atoms with Crippen molar-refractivity contribution >= 4 is 18.0 Å². The quantitative estimate of drug-likeness (QED) is 0.760. The first-order valence-corrected chi connectivity index (χ1v) is 7.03. The number of carbonyl (C=O) groups excluding carboxylic acids is 2. The number of nitrogens with zero attached hydrogens (tertiary/aromatic N) is 1. The Hall–Kier alpha value is -1.79. The molecule has 0 aromatic rings. The lowest BCUT2D eigenvalue weighted by molar-refractivity contribution is -0.146. The summed E-state index contributed by atoms with van der Waals surface area (Å²) in [5.74, 6) is -1.50. The van der Waals surface area contributed by atoms with Gasteiger partial charge in [-0.25, -0.2) is 9.59 Å². The average Bonchev–Trinajstić information content (AvgIpc) is 2.42. The van der Waals surface area contributed by atoms with Gasteiger partial charge in [-0.15, -0.1) is 0 Å². The van der Waals surface area contributed by atoms with E-state index in [9.17, 15) is 19.5 Å². The largest absolute Gasteiger partial charge is 0.480 e. The number of carboxylic acids is 1. The Morgan fingerprint density at radius 2 is 1.76 bits per heavy atom. The van der Waals surface area contributed by atoms with Crippen LogP contribution >= 0.6 is 0 Å². The molecule has 120 valence electrons. The number of methoxy groups -OCH3 is 1. The van der Waals surface area contributed by atoms with Gasteiger partial charge in [0, 0.05) is 13.1 Å². The number of amides is 2. The van der Waals surface area contributed by atoms with E-state index in [1.54, 1.807) is 25.7 Å². The van der Waals surface area contributed by atoms with Crippen molar-refractivity contribution in [2.24, 2.45) is 11.3 Å². The van der Waals surface area contributed by atoms with Crippen molar-refractivity contribution in [1.82, 2.24) is 10.2 Å². The molecule has 1 aliphatic heterocycles. The average molecular weight is 300 g/mol. The summed E-state index contributed by atoms with van der Waals surface area (Å²) in [6.45, 7) is 6.12. The Labute approximate surface area is 124 Å². The highest BCUT2D eigenvalue weighted by Gasteiger charge is 2.35. The third-order valence-corrected chi connectivity index (χ3v) is 3.70. The van der Waals surface area contributed by atoms with Gasteiger partial charge < -0.3 is 20.1 Å². The number of ether oxygens (including phenoxy) is 1. The van der Waals surface area contributed by atoms with Gasteiger partial charge in [0.15, 0.2) is 0 Å². The molecule has 7 heteroatoms. The lowest BCUT2D eigenvalue weighted by Crippen LogP contribution is -2.54. The molecule has 0 bridgehead atoms. The molecule has 0 spiro atoms. The van der Waals surface area contributed by atoms with Crippen LogP contribution in [0.3, 0.4) is 0 Å². The van der Waals surface area contributed by atoms with Crippen LogP contribution < -0.4 is 5.32 Å². The normalized spacial score (nSPS) is 18.0. The number of esters is 1. The van der Waals surface area contributed by atoms with Crippen LogP contribution in [0.5, 0.6) is 0 Å². The number of aliphatic carboxylic acids is 1. The second-order valence-corrected chi connectivity index (χ2v) is 6.37. The number of likely N-dealkylation sites (tertiary alicyclic amines) is 1. The number of hydrogen-bond acceptors (Lipinski definition) is 4. The van der Waals surface area contributed by atoms with Crippen LogP contribution in [-0.2, 0) is 14.3 Å². The fourth-order valence-electron chi connectivity index (χ4n) is 2.35. The third-order valence-electron chi connectivity index (χ3n) is 3.70. The van der Waals surface area contributed by atoms with Crippen LogP contribution in [-0.4, -0.2) is 54.2 Å². The molecular weight excluding hydrogens is 276 g/mol. The second-order valence-electron chi connectivity index (χ2n) is 6.37. The zero-order valence-corrected chi connectivity index (χ0v) is 13.0. The summed E-state index contributed by atoms with van der Waals surface area (Å²) < 4.78 is 4.69. The highest BCUT2D eigenvalue weighted by atomic mass is 16.5. The summed E-state index contributed by atoms with van der Waals surface area (Å²) in [7, 11) is 1.35. The minimum Gasteiger partial charge on any atom is -0.480 e. The highest BCUT2D eigenvalue weighted by molar-refractivity contribution is 5.83. The predicted octanol–water partition coefficient (Wildman–Crippen LogP) is 1.08. The maximum Gasteiger partial charge on any atom is 0.326 e. The first-order chi connectivity index (χ1) is 9.66. The van der Waals surface area contributed by atoms with Crippen molar-refractivity contribution in [3.63, 3.8) is 0 Å². The fourth-order valence-corrected chi connectivity index (χ4v) is 2.35. The predicted molar refractivity (Wildman–Crippen MR) is 75.7 cm³/mol. The van der Waals surface area contributed by atoms with Crippen LogP contribution in [0, 0.1) is 11.3 Å². The molecule has 1 saturated heterocycles. The molecule has 0 unspecified atom stereocenters. The Bertz CT molecular complexity index is 408. The molecule has 1 aliphatic rings. The number of rotatable bonds is 3. The van der Waals surface area contributed by atoms with Crippen molar-refractivity contribution < 1.29 is 24.2 Å². The first-order valence-electron chi connectivity index (χ1n) is 7.03. The number of nitrogens with one attached hydrogen (secondary N) is 1. The Morgan fingerprint density at radius 3 is 2.14 bits per heavy atom. The standard InChI is InChI=1S/C14H24N2O5/c1-14(2,3)10(11(17)18)15-13(20)16-7-5-9(6-8-16)12(19)21-4/h9-10H,5-8H2,1-4H3,(H,15,20)(H,17,18)/t10-/m0/s1. The molecule has 0 radical (unpaired) electrons. The number of carboxylic acid groups (broad SMARTS) is 1. The van der Waals surface area contributed by atoms with E-state index < -0.39 is 23.5 Å². The molecule has 2 N–H and O–H groups in total. The molecule has 2 amide bonds. The summed E-state index contributed by atoms with van der Waals surface area (Å²) in [4.78, 5) is 36.4. The lowest BCUT2D eigenvalue weighted by atomic mass is 9.87. The molecule has 0 saturated carbocycles. The van der Waals surface area contributed by atoms with E-state index in [2.05, 4.69) is 5.32 Å². The molecule has 0 aromatic carbocycles. The van der Waals surface area contributed by atoms with Crippen LogP contribution in [0.15, 0.2) is 0 Å². The molecular formula is C14H24N2O5. The van der Waals surface area contributed by atoms with Gasteiger partial charge in [0.05, 0.1) is 13.0 Å². The van der Waals surface area contributed by atoms with Gasteiger partial charge in [-0.05, 0) is 18.3 Å².